The Morgan fingerprint density at radius 3 is 2.21 bits per heavy atom. The van der Waals surface area contributed by atoms with Crippen molar-refractivity contribution < 1.29 is 9.47 Å². The molecule has 2 unspecified atom stereocenters. The molecule has 1 rings (SSSR count). The maximum Gasteiger partial charge on any atom is 0.119 e. The van der Waals surface area contributed by atoms with E-state index < -0.39 is 0 Å². The van der Waals surface area contributed by atoms with Gasteiger partial charge in [-0.1, -0.05) is 25.5 Å². The molecule has 2 atom stereocenters. The summed E-state index contributed by atoms with van der Waals surface area (Å²) in [6.07, 6.45) is 2.41. The first-order valence-electron chi connectivity index (χ1n) is 7.28. The quantitative estimate of drug-likeness (QED) is 0.740. The minimum Gasteiger partial charge on any atom is -0.494 e. The molecular weight excluding hydrogens is 238 g/mol. The molecule has 0 bridgehead atoms. The Morgan fingerprint density at radius 2 is 1.74 bits per heavy atom. The molecule has 0 aliphatic heterocycles. The normalized spacial score (nSPS) is 14.1. The fourth-order valence-corrected chi connectivity index (χ4v) is 2.35. The lowest BCUT2D eigenvalue weighted by Gasteiger charge is -2.27. The first-order chi connectivity index (χ1) is 9.26. The average molecular weight is 265 g/mol. The lowest BCUT2D eigenvalue weighted by molar-refractivity contribution is 0.0295. The number of benzene rings is 1. The van der Waals surface area contributed by atoms with Crippen molar-refractivity contribution >= 4 is 0 Å². The second kappa shape index (κ2) is 8.94. The number of ether oxygens (including phenoxy) is 2. The van der Waals surface area contributed by atoms with Gasteiger partial charge in [0.05, 0.1) is 18.8 Å². The van der Waals surface area contributed by atoms with E-state index in [9.17, 15) is 0 Å². The maximum atomic E-state index is 5.87. The van der Waals surface area contributed by atoms with Crippen LogP contribution in [0.1, 0.15) is 45.2 Å². The van der Waals surface area contributed by atoms with Crippen LogP contribution < -0.4 is 10.1 Å². The highest BCUT2D eigenvalue weighted by atomic mass is 16.5. The Kier molecular flexibility index (Phi) is 7.53. The van der Waals surface area contributed by atoms with E-state index in [0.717, 1.165) is 25.2 Å². The number of hydrogen-bond acceptors (Lipinski definition) is 3. The first kappa shape index (κ1) is 16.0. The Bertz CT molecular complexity index is 331. The molecule has 1 aromatic carbocycles. The average Bonchev–Trinajstić information content (AvgIpc) is 2.42. The molecule has 0 aliphatic rings. The van der Waals surface area contributed by atoms with Crippen LogP contribution in [0, 0.1) is 0 Å². The van der Waals surface area contributed by atoms with Crippen molar-refractivity contribution in [2.75, 3.05) is 20.3 Å². The third-order valence-electron chi connectivity index (χ3n) is 3.19. The van der Waals surface area contributed by atoms with Gasteiger partial charge in [-0.15, -0.1) is 0 Å². The highest BCUT2D eigenvalue weighted by molar-refractivity contribution is 5.29. The molecule has 0 aromatic heterocycles. The monoisotopic (exact) mass is 265 g/mol. The first-order valence-corrected chi connectivity index (χ1v) is 7.28. The van der Waals surface area contributed by atoms with Crippen molar-refractivity contribution in [1.29, 1.82) is 0 Å². The molecule has 0 radical (unpaired) electrons. The Hall–Kier alpha value is -1.06. The zero-order valence-corrected chi connectivity index (χ0v) is 12.6. The predicted molar refractivity (Wildman–Crippen MR) is 79.7 cm³/mol. The second-order valence-corrected chi connectivity index (χ2v) is 4.55. The SMILES string of the molecule is CCCC(OCC)C(NC)c1ccc(OCC)cc1. The standard InChI is InChI=1S/C16H27NO2/c1-5-8-15(19-7-3)16(17-4)13-9-11-14(12-10-13)18-6-2/h9-12,15-17H,5-8H2,1-4H3. The summed E-state index contributed by atoms with van der Waals surface area (Å²) in [5.74, 6) is 0.921. The summed E-state index contributed by atoms with van der Waals surface area (Å²) < 4.78 is 11.4. The molecule has 0 aliphatic carbocycles. The summed E-state index contributed by atoms with van der Waals surface area (Å²) in [5, 5.41) is 3.37. The van der Waals surface area contributed by atoms with Gasteiger partial charge in [0.1, 0.15) is 5.75 Å². The lowest BCUT2D eigenvalue weighted by atomic mass is 9.98. The van der Waals surface area contributed by atoms with Crippen LogP contribution in [-0.4, -0.2) is 26.4 Å². The minimum absolute atomic E-state index is 0.220. The van der Waals surface area contributed by atoms with Gasteiger partial charge in [0, 0.05) is 6.61 Å². The van der Waals surface area contributed by atoms with E-state index in [2.05, 4.69) is 24.4 Å². The number of rotatable bonds is 9. The lowest BCUT2D eigenvalue weighted by Crippen LogP contribution is -2.31. The van der Waals surface area contributed by atoms with Crippen molar-refractivity contribution in [3.8, 4) is 5.75 Å². The third-order valence-corrected chi connectivity index (χ3v) is 3.19. The zero-order valence-electron chi connectivity index (χ0n) is 12.6. The highest BCUT2D eigenvalue weighted by Gasteiger charge is 2.21. The van der Waals surface area contributed by atoms with Crippen LogP contribution in [-0.2, 0) is 4.74 Å². The van der Waals surface area contributed by atoms with Gasteiger partial charge in [0.15, 0.2) is 0 Å². The van der Waals surface area contributed by atoms with E-state index in [1.807, 2.05) is 33.0 Å². The van der Waals surface area contributed by atoms with Crippen LogP contribution in [0.3, 0.4) is 0 Å². The predicted octanol–water partition coefficient (Wildman–Crippen LogP) is 3.55. The molecular formula is C16H27NO2. The van der Waals surface area contributed by atoms with Crippen LogP contribution >= 0.6 is 0 Å². The highest BCUT2D eigenvalue weighted by Crippen LogP contribution is 2.24. The van der Waals surface area contributed by atoms with Crippen LogP contribution in [0.4, 0.5) is 0 Å². The molecule has 3 nitrogen and oxygen atoms in total. The maximum absolute atomic E-state index is 5.87. The molecule has 3 heteroatoms. The number of nitrogens with one attached hydrogen (secondary N) is 1. The fraction of sp³-hybridized carbons (Fsp3) is 0.625. The summed E-state index contributed by atoms with van der Waals surface area (Å²) in [6.45, 7) is 7.69. The zero-order chi connectivity index (χ0) is 14.1. The van der Waals surface area contributed by atoms with Crippen LogP contribution in [0.15, 0.2) is 24.3 Å². The van der Waals surface area contributed by atoms with Crippen molar-refractivity contribution in [2.45, 2.75) is 45.8 Å². The van der Waals surface area contributed by atoms with E-state index in [1.54, 1.807) is 0 Å². The van der Waals surface area contributed by atoms with E-state index >= 15 is 0 Å². The van der Waals surface area contributed by atoms with Gasteiger partial charge in [-0.3, -0.25) is 0 Å². The van der Waals surface area contributed by atoms with Crippen molar-refractivity contribution in [3.63, 3.8) is 0 Å². The van der Waals surface area contributed by atoms with Gasteiger partial charge in [-0.05, 0) is 45.0 Å². The van der Waals surface area contributed by atoms with Crippen molar-refractivity contribution in [3.05, 3.63) is 29.8 Å². The minimum atomic E-state index is 0.220. The molecule has 1 N–H and O–H groups in total. The van der Waals surface area contributed by atoms with Crippen molar-refractivity contribution in [2.24, 2.45) is 0 Å². The molecule has 0 amide bonds. The molecule has 0 saturated carbocycles. The van der Waals surface area contributed by atoms with E-state index in [1.165, 1.54) is 5.56 Å². The summed E-state index contributed by atoms with van der Waals surface area (Å²) in [4.78, 5) is 0. The Labute approximate surface area is 117 Å². The molecule has 1 aromatic rings. The van der Waals surface area contributed by atoms with Gasteiger partial charge < -0.3 is 14.8 Å². The summed E-state index contributed by atoms with van der Waals surface area (Å²) in [7, 11) is 1.99. The topological polar surface area (TPSA) is 30.5 Å². The van der Waals surface area contributed by atoms with Gasteiger partial charge in [-0.2, -0.15) is 0 Å². The Balaban J connectivity index is 2.81. The smallest absolute Gasteiger partial charge is 0.119 e. The largest absolute Gasteiger partial charge is 0.494 e. The second-order valence-electron chi connectivity index (χ2n) is 4.55. The molecule has 0 saturated heterocycles. The van der Waals surface area contributed by atoms with Crippen LogP contribution in [0.2, 0.25) is 0 Å². The molecule has 19 heavy (non-hydrogen) atoms. The number of likely N-dealkylation sites (N-methyl/N-ethyl adjacent to an activating group) is 1. The van der Waals surface area contributed by atoms with Crippen molar-refractivity contribution in [1.82, 2.24) is 5.32 Å². The molecule has 0 heterocycles. The number of hydrogen-bond donors (Lipinski definition) is 1. The molecule has 0 fully saturated rings. The summed E-state index contributed by atoms with van der Waals surface area (Å²) in [6, 6.07) is 8.52. The van der Waals surface area contributed by atoms with Gasteiger partial charge in [0.2, 0.25) is 0 Å². The van der Waals surface area contributed by atoms with E-state index in [0.29, 0.717) is 6.61 Å². The molecule has 108 valence electrons. The molecule has 0 spiro atoms. The van der Waals surface area contributed by atoms with Crippen LogP contribution in [0.5, 0.6) is 5.75 Å². The third kappa shape index (κ3) is 4.84. The van der Waals surface area contributed by atoms with Gasteiger partial charge in [0.25, 0.3) is 0 Å². The van der Waals surface area contributed by atoms with Crippen LogP contribution in [0.25, 0.3) is 0 Å². The van der Waals surface area contributed by atoms with Gasteiger partial charge >= 0.3 is 0 Å². The Morgan fingerprint density at radius 1 is 1.05 bits per heavy atom. The fourth-order valence-electron chi connectivity index (χ4n) is 2.35. The van der Waals surface area contributed by atoms with E-state index in [-0.39, 0.29) is 12.1 Å². The summed E-state index contributed by atoms with van der Waals surface area (Å²) >= 11 is 0. The summed E-state index contributed by atoms with van der Waals surface area (Å²) in [5.41, 5.74) is 1.25. The van der Waals surface area contributed by atoms with E-state index in [4.69, 9.17) is 9.47 Å². The van der Waals surface area contributed by atoms with Gasteiger partial charge in [-0.25, -0.2) is 0 Å².